The molecule has 0 atom stereocenters. The molecule has 0 saturated heterocycles. The van der Waals surface area contributed by atoms with Crippen LogP contribution in [0.25, 0.3) is 11.1 Å². The summed E-state index contributed by atoms with van der Waals surface area (Å²) >= 11 is 1.44. The van der Waals surface area contributed by atoms with Crippen molar-refractivity contribution in [1.29, 1.82) is 0 Å². The Bertz CT molecular complexity index is 1090. The molecule has 1 N–H and O–H groups in total. The van der Waals surface area contributed by atoms with Crippen LogP contribution in [-0.2, 0) is 19.6 Å². The molecule has 0 amide bonds. The molecule has 5 rings (SSSR count). The lowest BCUT2D eigenvalue weighted by molar-refractivity contribution is 0.152. The van der Waals surface area contributed by atoms with Gasteiger partial charge in [-0.15, -0.1) is 0 Å². The summed E-state index contributed by atoms with van der Waals surface area (Å²) in [6.45, 7) is 7.06. The second-order valence-corrected chi connectivity index (χ2v) is 10.3. The van der Waals surface area contributed by atoms with Crippen LogP contribution in [-0.4, -0.2) is 30.9 Å². The van der Waals surface area contributed by atoms with Crippen molar-refractivity contribution in [3.8, 4) is 11.1 Å². The van der Waals surface area contributed by atoms with Crippen molar-refractivity contribution in [2.45, 2.75) is 71.2 Å². The molecule has 1 aliphatic carbocycles. The van der Waals surface area contributed by atoms with E-state index in [0.29, 0.717) is 18.0 Å². The number of aromatic nitrogens is 3. The first-order valence-electron chi connectivity index (χ1n) is 11.6. The van der Waals surface area contributed by atoms with Gasteiger partial charge < -0.3 is 9.88 Å². The first kappa shape index (κ1) is 21.3. The Balaban J connectivity index is 1.27. The van der Waals surface area contributed by atoms with Crippen molar-refractivity contribution in [2.75, 3.05) is 5.32 Å². The molecular formula is C25H31N5OS. The number of nitrogens with zero attached hydrogens (tertiary/aromatic N) is 4. The van der Waals surface area contributed by atoms with Crippen LogP contribution < -0.4 is 10.9 Å². The van der Waals surface area contributed by atoms with Crippen molar-refractivity contribution in [1.82, 2.24) is 18.8 Å². The van der Waals surface area contributed by atoms with Crippen LogP contribution in [0.1, 0.15) is 50.7 Å². The van der Waals surface area contributed by atoms with Crippen LogP contribution in [0.2, 0.25) is 0 Å². The predicted molar refractivity (Wildman–Crippen MR) is 130 cm³/mol. The Labute approximate surface area is 193 Å². The summed E-state index contributed by atoms with van der Waals surface area (Å²) < 4.78 is 6.11. The zero-order valence-electron chi connectivity index (χ0n) is 18.8. The molecule has 0 spiro atoms. The van der Waals surface area contributed by atoms with Gasteiger partial charge in [-0.3, -0.25) is 14.7 Å². The van der Waals surface area contributed by atoms with E-state index in [2.05, 4.69) is 39.5 Å². The van der Waals surface area contributed by atoms with Gasteiger partial charge in [0.2, 0.25) is 0 Å². The quantitative estimate of drug-likeness (QED) is 0.588. The van der Waals surface area contributed by atoms with Crippen LogP contribution in [0.4, 0.5) is 5.69 Å². The van der Waals surface area contributed by atoms with Crippen molar-refractivity contribution < 1.29 is 0 Å². The van der Waals surface area contributed by atoms with E-state index in [1.165, 1.54) is 22.7 Å². The first-order chi connectivity index (χ1) is 15.6. The van der Waals surface area contributed by atoms with Gasteiger partial charge in [0.05, 0.1) is 0 Å². The molecule has 4 heterocycles. The summed E-state index contributed by atoms with van der Waals surface area (Å²) in [5.41, 5.74) is 5.72. The van der Waals surface area contributed by atoms with Crippen LogP contribution >= 0.6 is 11.5 Å². The fourth-order valence-corrected chi connectivity index (χ4v) is 5.63. The molecule has 6 nitrogen and oxygen atoms in total. The molecule has 32 heavy (non-hydrogen) atoms. The summed E-state index contributed by atoms with van der Waals surface area (Å²) in [5.74, 6) is 0.409. The molecule has 0 unspecified atom stereocenters. The Morgan fingerprint density at radius 1 is 1.12 bits per heavy atom. The molecule has 1 aliphatic heterocycles. The Morgan fingerprint density at radius 2 is 1.94 bits per heavy atom. The number of rotatable bonds is 6. The van der Waals surface area contributed by atoms with Crippen LogP contribution in [0, 0.1) is 5.92 Å². The highest BCUT2D eigenvalue weighted by Gasteiger charge is 2.30. The van der Waals surface area contributed by atoms with Gasteiger partial charge in [0.1, 0.15) is 5.69 Å². The molecule has 3 aromatic heterocycles. The van der Waals surface area contributed by atoms with Crippen molar-refractivity contribution >= 4 is 17.2 Å². The molecule has 2 aliphatic rings. The third kappa shape index (κ3) is 4.50. The van der Waals surface area contributed by atoms with E-state index in [9.17, 15) is 4.79 Å². The second-order valence-electron chi connectivity index (χ2n) is 9.61. The summed E-state index contributed by atoms with van der Waals surface area (Å²) in [4.78, 5) is 20.1. The van der Waals surface area contributed by atoms with Gasteiger partial charge in [0.15, 0.2) is 0 Å². The van der Waals surface area contributed by atoms with Gasteiger partial charge in [-0.2, -0.15) is 0 Å². The number of pyridine rings is 2. The molecule has 1 saturated carbocycles. The normalized spacial score (nSPS) is 21.1. The lowest BCUT2D eigenvalue weighted by Crippen LogP contribution is -2.38. The molecule has 0 radical (unpaired) electrons. The average molecular weight is 450 g/mol. The Morgan fingerprint density at radius 3 is 2.66 bits per heavy atom. The maximum absolute atomic E-state index is 13.2. The smallest absolute Gasteiger partial charge is 0.273 e. The van der Waals surface area contributed by atoms with E-state index in [4.69, 9.17) is 0 Å². The highest BCUT2D eigenvalue weighted by atomic mass is 32.1. The van der Waals surface area contributed by atoms with Gasteiger partial charge in [-0.1, -0.05) is 13.8 Å². The maximum Gasteiger partial charge on any atom is 0.273 e. The van der Waals surface area contributed by atoms with Crippen LogP contribution in [0.3, 0.4) is 0 Å². The van der Waals surface area contributed by atoms with E-state index in [-0.39, 0.29) is 5.56 Å². The molecule has 3 aromatic rings. The van der Waals surface area contributed by atoms with Gasteiger partial charge in [-0.25, -0.2) is 4.37 Å². The minimum absolute atomic E-state index is 0.0789. The predicted octanol–water partition coefficient (Wildman–Crippen LogP) is 4.76. The SMILES string of the molecule is CC(C)Cn1cc(-c2cnsc2)cc(NC2CCC(N3Cc4ccncc4C3)CC2)c1=O. The number of anilines is 1. The molecular weight excluding hydrogens is 418 g/mol. The van der Waals surface area contributed by atoms with Gasteiger partial charge in [0.25, 0.3) is 5.56 Å². The zero-order valence-corrected chi connectivity index (χ0v) is 19.6. The fourth-order valence-electron chi connectivity index (χ4n) is 5.08. The van der Waals surface area contributed by atoms with E-state index in [1.54, 1.807) is 0 Å². The van der Waals surface area contributed by atoms with Gasteiger partial charge >= 0.3 is 0 Å². The maximum atomic E-state index is 13.2. The van der Waals surface area contributed by atoms with Gasteiger partial charge in [-0.05, 0) is 66.4 Å². The minimum atomic E-state index is 0.0789. The minimum Gasteiger partial charge on any atom is -0.378 e. The van der Waals surface area contributed by atoms with Crippen molar-refractivity contribution in [3.05, 3.63) is 63.8 Å². The van der Waals surface area contributed by atoms with Crippen molar-refractivity contribution in [3.63, 3.8) is 0 Å². The summed E-state index contributed by atoms with van der Waals surface area (Å²) in [7, 11) is 0. The van der Waals surface area contributed by atoms with E-state index < -0.39 is 0 Å². The van der Waals surface area contributed by atoms with E-state index in [0.717, 1.165) is 62.1 Å². The van der Waals surface area contributed by atoms with Gasteiger partial charge in [0, 0.05) is 73.0 Å². The third-order valence-corrected chi connectivity index (χ3v) is 7.32. The summed E-state index contributed by atoms with van der Waals surface area (Å²) in [5, 5.41) is 5.65. The number of nitrogens with one attached hydrogen (secondary N) is 1. The molecule has 168 valence electrons. The number of hydrogen-bond donors (Lipinski definition) is 1. The summed E-state index contributed by atoms with van der Waals surface area (Å²) in [6, 6.07) is 5.12. The lowest BCUT2D eigenvalue weighted by Gasteiger charge is -2.35. The largest absolute Gasteiger partial charge is 0.378 e. The molecule has 7 heteroatoms. The van der Waals surface area contributed by atoms with Crippen LogP contribution in [0.5, 0.6) is 0 Å². The third-order valence-electron chi connectivity index (χ3n) is 6.74. The Hall–Kier alpha value is -2.51. The molecule has 0 aromatic carbocycles. The van der Waals surface area contributed by atoms with E-state index >= 15 is 0 Å². The average Bonchev–Trinajstić information content (AvgIpc) is 3.46. The highest BCUT2D eigenvalue weighted by molar-refractivity contribution is 7.03. The zero-order chi connectivity index (χ0) is 22.1. The van der Waals surface area contributed by atoms with E-state index in [1.807, 2.05) is 40.8 Å². The number of hydrogen-bond acceptors (Lipinski definition) is 6. The molecule has 1 fully saturated rings. The first-order valence-corrected chi connectivity index (χ1v) is 12.5. The number of fused-ring (bicyclic) bond motifs is 1. The second kappa shape index (κ2) is 9.16. The fraction of sp³-hybridized carbons (Fsp3) is 0.480. The van der Waals surface area contributed by atoms with Crippen molar-refractivity contribution in [2.24, 2.45) is 5.92 Å². The van der Waals surface area contributed by atoms with Crippen LogP contribution in [0.15, 0.2) is 47.1 Å². The Kier molecular flexibility index (Phi) is 6.11. The molecule has 0 bridgehead atoms. The highest BCUT2D eigenvalue weighted by Crippen LogP contribution is 2.32. The monoisotopic (exact) mass is 449 g/mol. The topological polar surface area (TPSA) is 63.1 Å². The summed E-state index contributed by atoms with van der Waals surface area (Å²) in [6.07, 6.45) is 12.3. The standard InChI is InChI=1S/C25H31N5OS/c1-17(2)12-30-14-19(21-11-27-32-16-21)9-24(25(30)31)28-22-3-5-23(6-4-22)29-13-18-7-8-26-10-20(18)15-29/h7-11,14,16-17,22-23,28H,3-6,12-13,15H2,1-2H3. The lowest BCUT2D eigenvalue weighted by atomic mass is 9.90.